The van der Waals surface area contributed by atoms with Crippen molar-refractivity contribution in [3.63, 3.8) is 0 Å². The maximum Gasteiger partial charge on any atom is 0.283 e. The van der Waals surface area contributed by atoms with Gasteiger partial charge in [0.15, 0.2) is 0 Å². The number of furan rings is 1. The van der Waals surface area contributed by atoms with Crippen LogP contribution in [0, 0.1) is 0 Å². The van der Waals surface area contributed by atoms with E-state index in [1.54, 1.807) is 42.7 Å². The van der Waals surface area contributed by atoms with E-state index in [4.69, 9.17) is 9.15 Å². The van der Waals surface area contributed by atoms with Crippen molar-refractivity contribution >= 4 is 33.7 Å². The molecule has 0 atom stereocenters. The molecule has 3 heterocycles. The van der Waals surface area contributed by atoms with E-state index < -0.39 is 12.6 Å². The maximum absolute atomic E-state index is 12.8. The third-order valence-electron chi connectivity index (χ3n) is 3.83. The maximum atomic E-state index is 12.8. The van der Waals surface area contributed by atoms with Crippen molar-refractivity contribution in [3.05, 3.63) is 70.3 Å². The molecule has 0 aliphatic rings. The lowest BCUT2D eigenvalue weighted by Crippen LogP contribution is -2.28. The molecule has 0 aliphatic heterocycles. The van der Waals surface area contributed by atoms with Crippen molar-refractivity contribution in [1.29, 1.82) is 0 Å². The van der Waals surface area contributed by atoms with Crippen molar-refractivity contribution in [2.24, 2.45) is 5.10 Å². The normalized spacial score (nSPS) is 11.3. The Balaban J connectivity index is 1.61. The van der Waals surface area contributed by atoms with Crippen molar-refractivity contribution in [1.82, 2.24) is 9.66 Å². The van der Waals surface area contributed by atoms with Crippen LogP contribution in [0.3, 0.4) is 0 Å². The summed E-state index contributed by atoms with van der Waals surface area (Å²) < 4.78 is 11.6. The van der Waals surface area contributed by atoms with Gasteiger partial charge < -0.3 is 19.1 Å². The monoisotopic (exact) mass is 394 g/mol. The van der Waals surface area contributed by atoms with Gasteiger partial charge in [-0.2, -0.15) is 9.78 Å². The van der Waals surface area contributed by atoms with E-state index >= 15 is 0 Å². The molecule has 9 heteroatoms. The Labute approximate surface area is 162 Å². The van der Waals surface area contributed by atoms with Gasteiger partial charge in [-0.1, -0.05) is 0 Å². The van der Waals surface area contributed by atoms with Crippen molar-refractivity contribution in [2.45, 2.75) is 0 Å². The molecule has 0 aliphatic carbocycles. The predicted octanol–water partition coefficient (Wildman–Crippen LogP) is 1.73. The van der Waals surface area contributed by atoms with Crippen LogP contribution in [-0.2, 0) is 4.79 Å². The molecular weight excluding hydrogens is 382 g/mol. The number of hydrogen-bond donors (Lipinski definition) is 0. The van der Waals surface area contributed by atoms with Gasteiger partial charge in [0.25, 0.3) is 5.56 Å². The van der Waals surface area contributed by atoms with Gasteiger partial charge in [-0.15, -0.1) is 11.3 Å². The summed E-state index contributed by atoms with van der Waals surface area (Å²) >= 11 is 1.36. The summed E-state index contributed by atoms with van der Waals surface area (Å²) in [5, 5.41) is 16.9. The Morgan fingerprint density at radius 1 is 1.32 bits per heavy atom. The number of fused-ring (bicyclic) bond motifs is 1. The Morgan fingerprint density at radius 2 is 2.14 bits per heavy atom. The van der Waals surface area contributed by atoms with Gasteiger partial charge in [-0.3, -0.25) is 4.79 Å². The van der Waals surface area contributed by atoms with E-state index in [2.05, 4.69) is 10.1 Å². The number of aromatic nitrogens is 2. The van der Waals surface area contributed by atoms with E-state index in [1.165, 1.54) is 23.9 Å². The molecule has 0 N–H and O–H groups in total. The molecule has 0 radical (unpaired) electrons. The van der Waals surface area contributed by atoms with Crippen molar-refractivity contribution in [2.75, 3.05) is 6.61 Å². The summed E-state index contributed by atoms with van der Waals surface area (Å²) in [6.45, 7) is -0.521. The SMILES string of the molecule is O=C([O-])COc1ccc(/C=N\n2cnc3scc(-c4ccco4)c3c2=O)cc1. The molecular formula is C19H12N3O5S-. The molecule has 0 saturated carbocycles. The van der Waals surface area contributed by atoms with E-state index in [-0.39, 0.29) is 5.56 Å². The largest absolute Gasteiger partial charge is 0.546 e. The lowest BCUT2D eigenvalue weighted by molar-refractivity contribution is -0.307. The molecule has 0 unspecified atom stereocenters. The molecule has 1 aromatic carbocycles. The lowest BCUT2D eigenvalue weighted by Gasteiger charge is -2.06. The standard InChI is InChI=1S/C19H13N3O5S/c23-16(24)9-27-13-5-3-12(4-6-13)8-21-22-11-20-18-17(19(22)25)14(10-28-18)15-2-1-7-26-15/h1-8,10-11H,9H2,(H,23,24)/p-1/b21-8-. The number of hydrogen-bond acceptors (Lipinski definition) is 8. The number of rotatable bonds is 6. The van der Waals surface area contributed by atoms with Gasteiger partial charge >= 0.3 is 0 Å². The van der Waals surface area contributed by atoms with Crippen LogP contribution in [0.2, 0.25) is 0 Å². The molecule has 0 fully saturated rings. The smallest absolute Gasteiger partial charge is 0.283 e. The number of carboxylic acid groups (broad SMARTS) is 1. The number of nitrogens with zero attached hydrogens (tertiary/aromatic N) is 3. The fourth-order valence-corrected chi connectivity index (χ4v) is 3.43. The van der Waals surface area contributed by atoms with Crippen LogP contribution in [-0.4, -0.2) is 28.5 Å². The Hall–Kier alpha value is -3.72. The van der Waals surface area contributed by atoms with Crippen LogP contribution >= 0.6 is 11.3 Å². The number of aliphatic carboxylic acids is 1. The molecule has 3 aromatic heterocycles. The summed E-state index contributed by atoms with van der Waals surface area (Å²) in [6, 6.07) is 10.1. The van der Waals surface area contributed by atoms with Gasteiger partial charge in [0.1, 0.15) is 29.3 Å². The number of ether oxygens (including phenoxy) is 1. The Morgan fingerprint density at radius 3 is 2.86 bits per heavy atom. The quantitative estimate of drug-likeness (QED) is 0.461. The fraction of sp³-hybridized carbons (Fsp3) is 0.0526. The average Bonchev–Trinajstić information content (AvgIpc) is 3.36. The van der Waals surface area contributed by atoms with E-state index in [0.717, 1.165) is 4.68 Å². The molecule has 0 bridgehead atoms. The fourth-order valence-electron chi connectivity index (χ4n) is 2.54. The number of carbonyl (C=O) groups excluding carboxylic acids is 1. The van der Waals surface area contributed by atoms with Crippen LogP contribution in [0.5, 0.6) is 5.75 Å². The molecule has 0 amide bonds. The average molecular weight is 394 g/mol. The van der Waals surface area contributed by atoms with Crippen LogP contribution in [0.15, 0.2) is 68.7 Å². The number of carbonyl (C=O) groups is 1. The minimum Gasteiger partial charge on any atom is -0.546 e. The topological polar surface area (TPSA) is 110 Å². The first-order valence-electron chi connectivity index (χ1n) is 8.11. The zero-order chi connectivity index (χ0) is 19.5. The summed E-state index contributed by atoms with van der Waals surface area (Å²) in [6.07, 6.45) is 4.41. The highest BCUT2D eigenvalue weighted by Crippen LogP contribution is 2.30. The molecule has 0 spiro atoms. The first kappa shape index (κ1) is 17.7. The molecule has 0 saturated heterocycles. The summed E-state index contributed by atoms with van der Waals surface area (Å²) in [5.74, 6) is -0.308. The minimum atomic E-state index is -1.30. The van der Waals surface area contributed by atoms with E-state index in [9.17, 15) is 14.7 Å². The second kappa shape index (κ2) is 7.49. The van der Waals surface area contributed by atoms with Crippen molar-refractivity contribution in [3.8, 4) is 17.1 Å². The first-order valence-corrected chi connectivity index (χ1v) is 8.99. The second-order valence-electron chi connectivity index (χ2n) is 5.68. The van der Waals surface area contributed by atoms with Crippen LogP contribution in [0.25, 0.3) is 21.5 Å². The van der Waals surface area contributed by atoms with Crippen molar-refractivity contribution < 1.29 is 19.1 Å². The van der Waals surface area contributed by atoms with Crippen LogP contribution in [0.4, 0.5) is 0 Å². The second-order valence-corrected chi connectivity index (χ2v) is 6.53. The summed E-state index contributed by atoms with van der Waals surface area (Å²) in [4.78, 5) is 28.1. The summed E-state index contributed by atoms with van der Waals surface area (Å²) in [5.41, 5.74) is 1.08. The highest BCUT2D eigenvalue weighted by Gasteiger charge is 2.14. The number of carboxylic acids is 1. The third-order valence-corrected chi connectivity index (χ3v) is 4.72. The van der Waals surface area contributed by atoms with Crippen LogP contribution in [0.1, 0.15) is 5.56 Å². The van der Waals surface area contributed by atoms with Crippen LogP contribution < -0.4 is 15.4 Å². The minimum absolute atomic E-state index is 0.303. The zero-order valence-corrected chi connectivity index (χ0v) is 15.1. The van der Waals surface area contributed by atoms with Gasteiger partial charge in [-0.25, -0.2) is 4.98 Å². The number of benzene rings is 1. The molecule has 140 valence electrons. The Kier molecular flexibility index (Phi) is 4.73. The molecule has 28 heavy (non-hydrogen) atoms. The Bertz CT molecular complexity index is 1210. The highest BCUT2D eigenvalue weighted by atomic mass is 32.1. The van der Waals surface area contributed by atoms with Gasteiger partial charge in [-0.05, 0) is 42.0 Å². The number of thiophene rings is 1. The van der Waals surface area contributed by atoms with Gasteiger partial charge in [0.2, 0.25) is 0 Å². The highest BCUT2D eigenvalue weighted by molar-refractivity contribution is 7.17. The third kappa shape index (κ3) is 3.55. The zero-order valence-electron chi connectivity index (χ0n) is 14.3. The predicted molar refractivity (Wildman–Crippen MR) is 102 cm³/mol. The van der Waals surface area contributed by atoms with E-state index in [0.29, 0.717) is 32.9 Å². The lowest BCUT2D eigenvalue weighted by atomic mass is 10.2. The van der Waals surface area contributed by atoms with E-state index in [1.807, 2.05) is 5.38 Å². The molecule has 4 rings (SSSR count). The van der Waals surface area contributed by atoms with Gasteiger partial charge in [0, 0.05) is 10.9 Å². The van der Waals surface area contributed by atoms with Gasteiger partial charge in [0.05, 0.1) is 23.8 Å². The summed E-state index contributed by atoms with van der Waals surface area (Å²) in [7, 11) is 0. The molecule has 4 aromatic rings. The molecule has 8 nitrogen and oxygen atoms in total. The first-order chi connectivity index (χ1) is 13.6.